The molecule has 2 rings (SSSR count). The molecule has 1 heterocycles. The molecule has 0 saturated carbocycles. The number of hydrogen-bond acceptors (Lipinski definition) is 2. The molecule has 1 aromatic rings. The van der Waals surface area contributed by atoms with Crippen molar-refractivity contribution in [2.75, 3.05) is 13.6 Å². The molecule has 3 heteroatoms. The van der Waals surface area contributed by atoms with Gasteiger partial charge in [0.2, 0.25) is 5.91 Å². The Hall–Kier alpha value is -1.35. The van der Waals surface area contributed by atoms with Crippen molar-refractivity contribution in [1.82, 2.24) is 10.2 Å². The minimum atomic E-state index is -0.237. The van der Waals surface area contributed by atoms with Gasteiger partial charge in [-0.05, 0) is 31.9 Å². The molecule has 0 unspecified atom stereocenters. The first-order chi connectivity index (χ1) is 8.95. The van der Waals surface area contributed by atoms with E-state index in [1.807, 2.05) is 6.07 Å². The van der Waals surface area contributed by atoms with Gasteiger partial charge in [0.1, 0.15) is 0 Å². The number of carbonyl (C=O) groups excluding carboxylic acids is 1. The van der Waals surface area contributed by atoms with Crippen LogP contribution < -0.4 is 5.32 Å². The molecule has 1 saturated heterocycles. The van der Waals surface area contributed by atoms with Gasteiger partial charge in [0.05, 0.1) is 5.54 Å². The second kappa shape index (κ2) is 5.33. The van der Waals surface area contributed by atoms with Gasteiger partial charge < -0.3 is 10.2 Å². The van der Waals surface area contributed by atoms with Crippen molar-refractivity contribution in [3.8, 4) is 0 Å². The van der Waals surface area contributed by atoms with E-state index in [4.69, 9.17) is 0 Å². The Morgan fingerprint density at radius 3 is 2.53 bits per heavy atom. The van der Waals surface area contributed by atoms with Gasteiger partial charge in [-0.3, -0.25) is 4.79 Å². The molecule has 1 aliphatic heterocycles. The van der Waals surface area contributed by atoms with Gasteiger partial charge in [-0.2, -0.15) is 0 Å². The average molecular weight is 260 g/mol. The van der Waals surface area contributed by atoms with Crippen molar-refractivity contribution < 1.29 is 4.79 Å². The van der Waals surface area contributed by atoms with Crippen LogP contribution in [0.5, 0.6) is 0 Å². The van der Waals surface area contributed by atoms with Gasteiger partial charge in [-0.1, -0.05) is 37.3 Å². The highest BCUT2D eigenvalue weighted by Gasteiger charge is 2.44. The van der Waals surface area contributed by atoms with E-state index in [9.17, 15) is 4.79 Å². The van der Waals surface area contributed by atoms with Gasteiger partial charge >= 0.3 is 0 Å². The summed E-state index contributed by atoms with van der Waals surface area (Å²) in [6, 6.07) is 10.8. The van der Waals surface area contributed by atoms with E-state index in [-0.39, 0.29) is 11.4 Å². The average Bonchev–Trinajstić information content (AvgIpc) is 2.36. The van der Waals surface area contributed by atoms with Crippen LogP contribution in [0, 0.1) is 5.92 Å². The Balaban J connectivity index is 2.43. The van der Waals surface area contributed by atoms with Crippen LogP contribution in [-0.2, 0) is 10.3 Å². The van der Waals surface area contributed by atoms with Gasteiger partial charge in [0.15, 0.2) is 0 Å². The zero-order chi connectivity index (χ0) is 14.0. The van der Waals surface area contributed by atoms with Crippen LogP contribution in [0.3, 0.4) is 0 Å². The summed E-state index contributed by atoms with van der Waals surface area (Å²) in [5.41, 5.74) is 0.983. The molecule has 104 valence electrons. The standard InChI is InChI=1S/C16H24N2O/c1-12-11-18(4)13(2)10-16(12,17-14(3)19)15-8-6-5-7-9-15/h5-9,12-13H,10-11H2,1-4H3,(H,17,19)/t12-,13-,16+/m1/s1. The molecular weight excluding hydrogens is 236 g/mol. The first-order valence-electron chi connectivity index (χ1n) is 7.00. The lowest BCUT2D eigenvalue weighted by Crippen LogP contribution is -2.59. The molecule has 1 aromatic carbocycles. The number of piperidine rings is 1. The van der Waals surface area contributed by atoms with Crippen LogP contribution in [0.1, 0.15) is 32.8 Å². The van der Waals surface area contributed by atoms with Crippen molar-refractivity contribution >= 4 is 5.91 Å². The second-order valence-electron chi connectivity index (χ2n) is 5.91. The number of carbonyl (C=O) groups is 1. The quantitative estimate of drug-likeness (QED) is 0.885. The number of amides is 1. The Morgan fingerprint density at radius 2 is 1.95 bits per heavy atom. The highest BCUT2D eigenvalue weighted by atomic mass is 16.1. The van der Waals surface area contributed by atoms with Crippen LogP contribution in [0.25, 0.3) is 0 Å². The van der Waals surface area contributed by atoms with E-state index in [0.29, 0.717) is 12.0 Å². The molecule has 1 N–H and O–H groups in total. The second-order valence-corrected chi connectivity index (χ2v) is 5.91. The molecule has 0 aromatic heterocycles. The summed E-state index contributed by atoms with van der Waals surface area (Å²) < 4.78 is 0. The van der Waals surface area contributed by atoms with Gasteiger partial charge in [0, 0.05) is 19.5 Å². The largest absolute Gasteiger partial charge is 0.346 e. The Kier molecular flexibility index (Phi) is 3.95. The summed E-state index contributed by atoms with van der Waals surface area (Å²) in [5, 5.41) is 3.25. The summed E-state index contributed by atoms with van der Waals surface area (Å²) >= 11 is 0. The van der Waals surface area contributed by atoms with Gasteiger partial charge in [0.25, 0.3) is 0 Å². The topological polar surface area (TPSA) is 32.3 Å². The van der Waals surface area contributed by atoms with E-state index in [2.05, 4.69) is 55.4 Å². The van der Waals surface area contributed by atoms with E-state index in [1.54, 1.807) is 6.92 Å². The molecule has 1 fully saturated rings. The van der Waals surface area contributed by atoms with Crippen molar-refractivity contribution in [2.45, 2.75) is 38.8 Å². The zero-order valence-corrected chi connectivity index (χ0v) is 12.3. The maximum Gasteiger partial charge on any atom is 0.217 e. The molecule has 3 nitrogen and oxygen atoms in total. The third kappa shape index (κ3) is 2.66. The molecule has 0 spiro atoms. The fourth-order valence-corrected chi connectivity index (χ4v) is 3.29. The fourth-order valence-electron chi connectivity index (χ4n) is 3.29. The molecule has 1 amide bonds. The lowest BCUT2D eigenvalue weighted by molar-refractivity contribution is -0.123. The zero-order valence-electron chi connectivity index (χ0n) is 12.3. The van der Waals surface area contributed by atoms with Gasteiger partial charge in [-0.25, -0.2) is 0 Å². The van der Waals surface area contributed by atoms with E-state index < -0.39 is 0 Å². The fraction of sp³-hybridized carbons (Fsp3) is 0.562. The smallest absolute Gasteiger partial charge is 0.217 e. The number of hydrogen-bond donors (Lipinski definition) is 1. The van der Waals surface area contributed by atoms with Crippen molar-refractivity contribution in [1.29, 1.82) is 0 Å². The number of nitrogens with one attached hydrogen (secondary N) is 1. The van der Waals surface area contributed by atoms with Crippen LogP contribution in [0.15, 0.2) is 30.3 Å². The summed E-state index contributed by atoms with van der Waals surface area (Å²) in [5.74, 6) is 0.437. The molecule has 1 aliphatic rings. The summed E-state index contributed by atoms with van der Waals surface area (Å²) in [7, 11) is 2.16. The lowest BCUT2D eigenvalue weighted by Gasteiger charge is -2.49. The number of likely N-dealkylation sites (tertiary alicyclic amines) is 1. The number of rotatable bonds is 2. The predicted molar refractivity (Wildman–Crippen MR) is 77.8 cm³/mol. The number of nitrogens with zero attached hydrogens (tertiary/aromatic N) is 1. The van der Waals surface area contributed by atoms with E-state index in [0.717, 1.165) is 13.0 Å². The maximum atomic E-state index is 11.7. The Morgan fingerprint density at radius 1 is 1.32 bits per heavy atom. The minimum Gasteiger partial charge on any atom is -0.346 e. The molecular formula is C16H24N2O. The van der Waals surface area contributed by atoms with Gasteiger partial charge in [-0.15, -0.1) is 0 Å². The number of benzene rings is 1. The highest BCUT2D eigenvalue weighted by Crippen LogP contribution is 2.39. The molecule has 0 aliphatic carbocycles. The monoisotopic (exact) mass is 260 g/mol. The van der Waals surface area contributed by atoms with Crippen LogP contribution >= 0.6 is 0 Å². The maximum absolute atomic E-state index is 11.7. The Labute approximate surface area is 116 Å². The molecule has 0 bridgehead atoms. The molecule has 19 heavy (non-hydrogen) atoms. The summed E-state index contributed by atoms with van der Waals surface area (Å²) in [6.07, 6.45) is 0.953. The highest BCUT2D eigenvalue weighted by molar-refractivity contribution is 5.74. The van der Waals surface area contributed by atoms with Crippen LogP contribution in [0.2, 0.25) is 0 Å². The van der Waals surface area contributed by atoms with Crippen molar-refractivity contribution in [3.05, 3.63) is 35.9 Å². The van der Waals surface area contributed by atoms with Crippen molar-refractivity contribution in [3.63, 3.8) is 0 Å². The minimum absolute atomic E-state index is 0.0486. The molecule has 3 atom stereocenters. The Bertz CT molecular complexity index is 445. The third-order valence-electron chi connectivity index (χ3n) is 4.46. The summed E-state index contributed by atoms with van der Waals surface area (Å²) in [4.78, 5) is 14.1. The SMILES string of the molecule is CC(=O)N[C@@]1(c2ccccc2)C[C@@H](C)N(C)C[C@H]1C. The summed E-state index contributed by atoms with van der Waals surface area (Å²) in [6.45, 7) is 7.06. The van der Waals surface area contributed by atoms with E-state index in [1.165, 1.54) is 5.56 Å². The van der Waals surface area contributed by atoms with Crippen LogP contribution in [-0.4, -0.2) is 30.4 Å². The first kappa shape index (κ1) is 14.1. The predicted octanol–water partition coefficient (Wildman–Crippen LogP) is 2.38. The van der Waals surface area contributed by atoms with E-state index >= 15 is 0 Å². The van der Waals surface area contributed by atoms with Crippen molar-refractivity contribution in [2.24, 2.45) is 5.92 Å². The normalized spacial score (nSPS) is 32.0. The first-order valence-corrected chi connectivity index (χ1v) is 7.00. The molecule has 0 radical (unpaired) electrons. The lowest BCUT2D eigenvalue weighted by atomic mass is 9.71. The third-order valence-corrected chi connectivity index (χ3v) is 4.46. The van der Waals surface area contributed by atoms with Crippen LogP contribution in [0.4, 0.5) is 0 Å².